The molecule has 248 valence electrons. The Kier molecular flexibility index (Phi) is 8.44. The van der Waals surface area contributed by atoms with Gasteiger partial charge in [0.1, 0.15) is 0 Å². The highest BCUT2D eigenvalue weighted by molar-refractivity contribution is 5.82. The van der Waals surface area contributed by atoms with Crippen LogP contribution >= 0.6 is 0 Å². The minimum absolute atomic E-state index is 0.0794. The molecule has 0 atom stereocenters. The highest BCUT2D eigenvalue weighted by atomic mass is 16.9. The van der Waals surface area contributed by atoms with E-state index in [0.717, 1.165) is 33.8 Å². The van der Waals surface area contributed by atoms with Crippen molar-refractivity contribution in [2.24, 2.45) is 0 Å². The summed E-state index contributed by atoms with van der Waals surface area (Å²) < 4.78 is 19.6. The summed E-state index contributed by atoms with van der Waals surface area (Å²) in [5, 5.41) is 10.9. The highest BCUT2D eigenvalue weighted by Crippen LogP contribution is 2.37. The largest absolute Gasteiger partial charge is 0.376 e. The maximum absolute atomic E-state index is 6.52. The van der Waals surface area contributed by atoms with Crippen LogP contribution in [0.5, 0.6) is 0 Å². The number of ether oxygens (including phenoxy) is 3. The zero-order chi connectivity index (χ0) is 33.8. The molecule has 6 rings (SSSR count). The fourth-order valence-corrected chi connectivity index (χ4v) is 7.12. The fourth-order valence-electron chi connectivity index (χ4n) is 7.12. The van der Waals surface area contributed by atoms with Crippen LogP contribution in [-0.2, 0) is 34.0 Å². The van der Waals surface area contributed by atoms with Gasteiger partial charge in [-0.2, -0.15) is 0 Å². The van der Waals surface area contributed by atoms with E-state index < -0.39 is 5.97 Å². The third-order valence-corrected chi connectivity index (χ3v) is 9.13. The van der Waals surface area contributed by atoms with E-state index in [1.165, 1.54) is 33.4 Å². The minimum atomic E-state index is -1.29. The molecule has 0 bridgehead atoms. The molecule has 3 heterocycles. The van der Waals surface area contributed by atoms with Crippen LogP contribution in [0.4, 0.5) is 17.1 Å². The molecule has 3 aliphatic rings. The Morgan fingerprint density at radius 2 is 0.766 bits per heavy atom. The van der Waals surface area contributed by atoms with E-state index in [2.05, 4.69) is 151 Å². The molecule has 0 fully saturated rings. The standard InChI is InChI=1S/C41H51N3O3/c1-26-20-38(4,5)42-35-14-11-29(17-32(26)35)23-45-41(10,46-24-30-12-15-36-33(18-30)27(2)21-39(6,7)43-36)47-25-31-13-16-37-34(19-31)28(3)22-40(8,9)44-37/h11-22,42-44H,23-25H2,1-10H3. The van der Waals surface area contributed by atoms with Gasteiger partial charge in [-0.1, -0.05) is 36.4 Å². The summed E-state index contributed by atoms with van der Waals surface area (Å²) in [6.07, 6.45) is 6.82. The Morgan fingerprint density at radius 1 is 0.489 bits per heavy atom. The molecule has 0 aliphatic carbocycles. The lowest BCUT2D eigenvalue weighted by molar-refractivity contribution is -0.383. The molecule has 3 aliphatic heterocycles. The van der Waals surface area contributed by atoms with Crippen LogP contribution in [0, 0.1) is 0 Å². The van der Waals surface area contributed by atoms with Crippen molar-refractivity contribution in [3.8, 4) is 0 Å². The fraction of sp³-hybridized carbons (Fsp3) is 0.415. The second kappa shape index (κ2) is 12.0. The molecule has 0 unspecified atom stereocenters. The number of fused-ring (bicyclic) bond motifs is 3. The van der Waals surface area contributed by atoms with E-state index >= 15 is 0 Å². The third-order valence-electron chi connectivity index (χ3n) is 9.13. The molecule has 6 heteroatoms. The van der Waals surface area contributed by atoms with Crippen molar-refractivity contribution in [2.45, 2.75) is 112 Å². The summed E-state index contributed by atoms with van der Waals surface area (Å²) in [5.74, 6) is -1.29. The summed E-state index contributed by atoms with van der Waals surface area (Å²) in [6, 6.07) is 19.4. The number of benzene rings is 3. The second-order valence-electron chi connectivity index (χ2n) is 15.4. The molecule has 3 aromatic carbocycles. The average molecular weight is 634 g/mol. The van der Waals surface area contributed by atoms with Crippen molar-refractivity contribution in [2.75, 3.05) is 16.0 Å². The number of allylic oxidation sites excluding steroid dienone is 3. The smallest absolute Gasteiger partial charge is 0.280 e. The quantitative estimate of drug-likeness (QED) is 0.204. The van der Waals surface area contributed by atoms with Gasteiger partial charge in [-0.25, -0.2) is 0 Å². The third kappa shape index (κ3) is 7.51. The first-order chi connectivity index (χ1) is 22.0. The Morgan fingerprint density at radius 3 is 1.04 bits per heavy atom. The molecular weight excluding hydrogens is 582 g/mol. The van der Waals surface area contributed by atoms with Gasteiger partial charge in [0.2, 0.25) is 0 Å². The summed E-state index contributed by atoms with van der Waals surface area (Å²) in [7, 11) is 0. The summed E-state index contributed by atoms with van der Waals surface area (Å²) in [4.78, 5) is 0. The number of hydrogen-bond acceptors (Lipinski definition) is 6. The maximum atomic E-state index is 6.52. The number of hydrogen-bond donors (Lipinski definition) is 3. The molecule has 0 amide bonds. The lowest BCUT2D eigenvalue weighted by Crippen LogP contribution is -2.35. The van der Waals surface area contributed by atoms with E-state index in [1.807, 2.05) is 6.92 Å². The monoisotopic (exact) mass is 633 g/mol. The van der Waals surface area contributed by atoms with E-state index in [1.54, 1.807) is 0 Å². The van der Waals surface area contributed by atoms with Crippen molar-refractivity contribution >= 4 is 33.8 Å². The molecule has 47 heavy (non-hydrogen) atoms. The summed E-state index contributed by atoms with van der Waals surface area (Å²) in [6.45, 7) is 22.5. The number of nitrogens with one attached hydrogen (secondary N) is 3. The van der Waals surface area contributed by atoms with E-state index in [9.17, 15) is 0 Å². The summed E-state index contributed by atoms with van der Waals surface area (Å²) >= 11 is 0. The predicted octanol–water partition coefficient (Wildman–Crippen LogP) is 10.1. The van der Waals surface area contributed by atoms with Crippen LogP contribution in [-0.4, -0.2) is 22.6 Å². The maximum Gasteiger partial charge on any atom is 0.280 e. The highest BCUT2D eigenvalue weighted by Gasteiger charge is 2.30. The Balaban J connectivity index is 1.21. The lowest BCUT2D eigenvalue weighted by atomic mass is 9.90. The van der Waals surface area contributed by atoms with Crippen molar-refractivity contribution < 1.29 is 14.2 Å². The molecule has 3 aromatic rings. The van der Waals surface area contributed by atoms with Crippen LogP contribution in [0.15, 0.2) is 72.8 Å². The van der Waals surface area contributed by atoms with Gasteiger partial charge >= 0.3 is 0 Å². The normalized spacial score (nSPS) is 18.6. The van der Waals surface area contributed by atoms with Crippen LogP contribution in [0.25, 0.3) is 16.7 Å². The van der Waals surface area contributed by atoms with Crippen molar-refractivity contribution in [1.82, 2.24) is 0 Å². The number of rotatable bonds is 9. The van der Waals surface area contributed by atoms with Gasteiger partial charge in [-0.3, -0.25) is 0 Å². The second-order valence-corrected chi connectivity index (χ2v) is 15.4. The molecule has 0 spiro atoms. The average Bonchev–Trinajstić information content (AvgIpc) is 2.97. The zero-order valence-corrected chi connectivity index (χ0v) is 29.8. The van der Waals surface area contributed by atoms with Gasteiger partial charge in [-0.05, 0) is 132 Å². The molecule has 0 aromatic heterocycles. The molecular formula is C41H51N3O3. The Labute approximate surface area is 281 Å². The Bertz CT molecular complexity index is 1590. The first-order valence-corrected chi connectivity index (χ1v) is 16.7. The summed E-state index contributed by atoms with van der Waals surface area (Å²) in [5.41, 5.74) is 13.7. The van der Waals surface area contributed by atoms with Gasteiger partial charge in [0.05, 0.1) is 36.4 Å². The van der Waals surface area contributed by atoms with Crippen LogP contribution in [0.1, 0.15) is 103 Å². The van der Waals surface area contributed by atoms with Gasteiger partial charge < -0.3 is 30.2 Å². The first kappa shape index (κ1) is 33.1. The molecule has 6 nitrogen and oxygen atoms in total. The minimum Gasteiger partial charge on any atom is -0.376 e. The Hall–Kier alpha value is -3.84. The predicted molar refractivity (Wildman–Crippen MR) is 196 cm³/mol. The first-order valence-electron chi connectivity index (χ1n) is 16.7. The van der Waals surface area contributed by atoms with Crippen molar-refractivity contribution in [3.63, 3.8) is 0 Å². The SMILES string of the molecule is CC1=CC(C)(C)Nc2ccc(COC(C)(OCc3ccc4c(c3)C(C)=CC(C)(C)N4)OCc3ccc4c(c3)C(C)=CC(C)(C)N4)cc21. The van der Waals surface area contributed by atoms with E-state index in [4.69, 9.17) is 14.2 Å². The van der Waals surface area contributed by atoms with E-state index in [0.29, 0.717) is 19.8 Å². The van der Waals surface area contributed by atoms with Crippen LogP contribution in [0.2, 0.25) is 0 Å². The van der Waals surface area contributed by atoms with Gasteiger partial charge in [0.25, 0.3) is 5.97 Å². The van der Waals surface area contributed by atoms with Gasteiger partial charge in [0.15, 0.2) is 0 Å². The topological polar surface area (TPSA) is 63.8 Å². The molecule has 0 radical (unpaired) electrons. The van der Waals surface area contributed by atoms with Crippen LogP contribution in [0.3, 0.4) is 0 Å². The molecule has 3 N–H and O–H groups in total. The van der Waals surface area contributed by atoms with Crippen molar-refractivity contribution in [3.05, 3.63) is 106 Å². The van der Waals surface area contributed by atoms with E-state index in [-0.39, 0.29) is 16.6 Å². The van der Waals surface area contributed by atoms with Gasteiger partial charge in [0, 0.05) is 40.7 Å². The molecule has 0 saturated carbocycles. The van der Waals surface area contributed by atoms with Crippen LogP contribution < -0.4 is 16.0 Å². The number of anilines is 3. The molecule has 0 saturated heterocycles. The lowest BCUT2D eigenvalue weighted by Gasteiger charge is -2.33. The zero-order valence-electron chi connectivity index (χ0n) is 29.8. The van der Waals surface area contributed by atoms with Gasteiger partial charge in [-0.15, -0.1) is 0 Å². The van der Waals surface area contributed by atoms with Crippen molar-refractivity contribution in [1.29, 1.82) is 0 Å².